The normalized spacial score (nSPS) is 11.5. The average molecular weight is 470 g/mol. The van der Waals surface area contributed by atoms with Gasteiger partial charge in [-0.05, 0) is 18.2 Å². The number of benzene rings is 2. The highest BCUT2D eigenvalue weighted by atomic mass is 19.1. The topological polar surface area (TPSA) is 120 Å². The molecule has 0 radical (unpaired) electrons. The number of ether oxygens (including phenoxy) is 3. The summed E-state index contributed by atoms with van der Waals surface area (Å²) in [5.41, 5.74) is 6.72. The number of halogens is 2. The number of methoxy groups -OCH3 is 2. The van der Waals surface area contributed by atoms with Gasteiger partial charge in [-0.15, -0.1) is 0 Å². The van der Waals surface area contributed by atoms with Gasteiger partial charge in [-0.1, -0.05) is 18.2 Å². The average Bonchev–Trinajstić information content (AvgIpc) is 2.84. The summed E-state index contributed by atoms with van der Waals surface area (Å²) in [6, 6.07) is 12.2. The van der Waals surface area contributed by atoms with Crippen molar-refractivity contribution < 1.29 is 27.8 Å². The number of nitrogen functional groups attached to an aromatic ring is 1. The van der Waals surface area contributed by atoms with Gasteiger partial charge < -0.3 is 25.3 Å². The van der Waals surface area contributed by atoms with Crippen LogP contribution in [0.2, 0.25) is 0 Å². The lowest BCUT2D eigenvalue weighted by Crippen LogP contribution is -2.31. The van der Waals surface area contributed by atoms with Crippen LogP contribution in [0.4, 0.5) is 8.78 Å². The van der Waals surface area contributed by atoms with Gasteiger partial charge >= 0.3 is 0 Å². The van der Waals surface area contributed by atoms with E-state index in [0.29, 0.717) is 22.6 Å². The number of amides is 1. The molecule has 1 heterocycles. The van der Waals surface area contributed by atoms with Crippen LogP contribution in [0.3, 0.4) is 0 Å². The largest absolute Gasteiger partial charge is 0.497 e. The molecule has 178 valence electrons. The first kappa shape index (κ1) is 24.6. The molecule has 0 spiro atoms. The van der Waals surface area contributed by atoms with Crippen LogP contribution in [0.25, 0.3) is 0 Å². The zero-order chi connectivity index (χ0) is 24.7. The van der Waals surface area contributed by atoms with Gasteiger partial charge in [0.2, 0.25) is 0 Å². The first-order valence-corrected chi connectivity index (χ1v) is 10.2. The molecule has 1 unspecified atom stereocenters. The van der Waals surface area contributed by atoms with Crippen molar-refractivity contribution in [3.63, 3.8) is 0 Å². The zero-order valence-electron chi connectivity index (χ0n) is 18.6. The molecule has 1 amide bonds. The van der Waals surface area contributed by atoms with Crippen LogP contribution in [0.1, 0.15) is 28.5 Å². The van der Waals surface area contributed by atoms with Crippen molar-refractivity contribution in [2.75, 3.05) is 14.2 Å². The SMILES string of the molecule is COc1cc(F)c(C(OC)C(=O)NCc2ccc(C(=N)N)cc2OCc2ccccn2)c(F)c1. The number of nitrogens with one attached hydrogen (secondary N) is 2. The second kappa shape index (κ2) is 11.2. The Hall–Kier alpha value is -4.05. The number of rotatable bonds is 10. The monoisotopic (exact) mass is 470 g/mol. The van der Waals surface area contributed by atoms with Crippen molar-refractivity contribution in [2.45, 2.75) is 19.3 Å². The molecule has 4 N–H and O–H groups in total. The smallest absolute Gasteiger partial charge is 0.254 e. The van der Waals surface area contributed by atoms with Gasteiger partial charge in [0.05, 0.1) is 18.4 Å². The van der Waals surface area contributed by atoms with Crippen molar-refractivity contribution in [3.05, 3.63) is 88.7 Å². The lowest BCUT2D eigenvalue weighted by molar-refractivity contribution is -0.131. The number of carbonyl (C=O) groups excluding carboxylic acids is 1. The molecule has 0 aliphatic carbocycles. The van der Waals surface area contributed by atoms with Crippen LogP contribution in [-0.2, 0) is 22.7 Å². The molecule has 1 atom stereocenters. The molecule has 2 aromatic carbocycles. The third-order valence-corrected chi connectivity index (χ3v) is 4.96. The molecule has 3 rings (SSSR count). The Morgan fingerprint density at radius 1 is 1.15 bits per heavy atom. The van der Waals surface area contributed by atoms with E-state index < -0.39 is 29.2 Å². The second-order valence-electron chi connectivity index (χ2n) is 7.18. The molecule has 8 nitrogen and oxygen atoms in total. The number of carbonyl (C=O) groups is 1. The fraction of sp³-hybridized carbons (Fsp3) is 0.208. The molecule has 3 aromatic rings. The Kier molecular flexibility index (Phi) is 8.10. The van der Waals surface area contributed by atoms with E-state index in [2.05, 4.69) is 10.3 Å². The van der Waals surface area contributed by atoms with Crippen molar-refractivity contribution in [3.8, 4) is 11.5 Å². The molecular weight excluding hydrogens is 446 g/mol. The number of nitrogens with two attached hydrogens (primary N) is 1. The Labute approximate surface area is 195 Å². The summed E-state index contributed by atoms with van der Waals surface area (Å²) in [7, 11) is 2.45. The van der Waals surface area contributed by atoms with Crippen LogP contribution in [-0.4, -0.2) is 30.9 Å². The third-order valence-electron chi connectivity index (χ3n) is 4.96. The molecule has 0 bridgehead atoms. The van der Waals surface area contributed by atoms with Gasteiger partial charge in [0.1, 0.15) is 35.6 Å². The molecule has 0 aliphatic heterocycles. The molecule has 34 heavy (non-hydrogen) atoms. The molecule has 0 fully saturated rings. The molecule has 0 saturated heterocycles. The number of hydrogen-bond acceptors (Lipinski definition) is 6. The summed E-state index contributed by atoms with van der Waals surface area (Å²) in [5, 5.41) is 10.3. The maximum absolute atomic E-state index is 14.5. The zero-order valence-corrected chi connectivity index (χ0v) is 18.6. The van der Waals surface area contributed by atoms with E-state index in [1.54, 1.807) is 36.5 Å². The number of nitrogens with zero attached hydrogens (tertiary/aromatic N) is 1. The van der Waals surface area contributed by atoms with Gasteiger partial charge in [-0.25, -0.2) is 8.78 Å². The maximum Gasteiger partial charge on any atom is 0.254 e. The van der Waals surface area contributed by atoms with Gasteiger partial charge in [0.15, 0.2) is 6.10 Å². The van der Waals surface area contributed by atoms with Crippen molar-refractivity contribution in [1.29, 1.82) is 5.41 Å². The van der Waals surface area contributed by atoms with Crippen molar-refractivity contribution in [2.24, 2.45) is 5.73 Å². The minimum Gasteiger partial charge on any atom is -0.497 e. The van der Waals surface area contributed by atoms with Crippen LogP contribution >= 0.6 is 0 Å². The second-order valence-corrected chi connectivity index (χ2v) is 7.18. The standard InChI is InChI=1S/C24H24F2N4O4/c1-32-17-10-18(25)21(19(26)11-17)22(33-2)24(31)30-12-15-7-6-14(23(27)28)9-20(15)34-13-16-5-3-4-8-29-16/h3-11,22H,12-13H2,1-2H3,(H3,27,28)(H,30,31). The Balaban J connectivity index is 1.79. The van der Waals surface area contributed by atoms with E-state index in [-0.39, 0.29) is 24.7 Å². The Bertz CT molecular complexity index is 1150. The Morgan fingerprint density at radius 3 is 2.47 bits per heavy atom. The quantitative estimate of drug-likeness (QED) is 0.309. The predicted molar refractivity (Wildman–Crippen MR) is 121 cm³/mol. The van der Waals surface area contributed by atoms with Crippen LogP contribution in [0.15, 0.2) is 54.7 Å². The summed E-state index contributed by atoms with van der Waals surface area (Å²) in [6.07, 6.45) is 0.106. The molecular formula is C24H24F2N4O4. The van der Waals surface area contributed by atoms with Gasteiger partial charge in [-0.2, -0.15) is 0 Å². The van der Waals surface area contributed by atoms with E-state index in [1.807, 2.05) is 6.07 Å². The van der Waals surface area contributed by atoms with Gasteiger partial charge in [0.25, 0.3) is 5.91 Å². The third kappa shape index (κ3) is 5.84. The highest BCUT2D eigenvalue weighted by Crippen LogP contribution is 2.28. The summed E-state index contributed by atoms with van der Waals surface area (Å²) in [6.45, 7) is 0.111. The summed E-state index contributed by atoms with van der Waals surface area (Å²) < 4.78 is 44.7. The fourth-order valence-electron chi connectivity index (χ4n) is 3.20. The van der Waals surface area contributed by atoms with Crippen LogP contribution in [0, 0.1) is 17.0 Å². The predicted octanol–water partition coefficient (Wildman–Crippen LogP) is 3.24. The van der Waals surface area contributed by atoms with Gasteiger partial charge in [0, 0.05) is 43.1 Å². The van der Waals surface area contributed by atoms with Gasteiger partial charge in [-0.3, -0.25) is 15.2 Å². The van der Waals surface area contributed by atoms with E-state index in [4.69, 9.17) is 25.4 Å². The van der Waals surface area contributed by atoms with Crippen LogP contribution in [0.5, 0.6) is 11.5 Å². The van der Waals surface area contributed by atoms with E-state index >= 15 is 0 Å². The number of pyridine rings is 1. The van der Waals surface area contributed by atoms with E-state index in [1.165, 1.54) is 14.2 Å². The minimum absolute atomic E-state index is 0.0192. The molecule has 0 aliphatic rings. The highest BCUT2D eigenvalue weighted by molar-refractivity contribution is 5.95. The number of amidine groups is 1. The Morgan fingerprint density at radius 2 is 1.88 bits per heavy atom. The summed E-state index contributed by atoms with van der Waals surface area (Å²) in [5.74, 6) is -2.49. The first-order chi connectivity index (χ1) is 16.3. The highest BCUT2D eigenvalue weighted by Gasteiger charge is 2.28. The van der Waals surface area contributed by atoms with E-state index in [0.717, 1.165) is 12.1 Å². The lowest BCUT2D eigenvalue weighted by Gasteiger charge is -2.19. The molecule has 10 heteroatoms. The van der Waals surface area contributed by atoms with Crippen molar-refractivity contribution in [1.82, 2.24) is 10.3 Å². The maximum atomic E-state index is 14.5. The summed E-state index contributed by atoms with van der Waals surface area (Å²) >= 11 is 0. The minimum atomic E-state index is -1.53. The number of hydrogen-bond donors (Lipinski definition) is 3. The molecule has 1 aromatic heterocycles. The summed E-state index contributed by atoms with van der Waals surface area (Å²) in [4.78, 5) is 17.0. The molecule has 0 saturated carbocycles. The van der Waals surface area contributed by atoms with E-state index in [9.17, 15) is 13.6 Å². The lowest BCUT2D eigenvalue weighted by atomic mass is 10.1. The fourth-order valence-corrected chi connectivity index (χ4v) is 3.20. The van der Waals surface area contributed by atoms with Crippen molar-refractivity contribution >= 4 is 11.7 Å². The first-order valence-electron chi connectivity index (χ1n) is 10.2. The van der Waals surface area contributed by atoms with Crippen LogP contribution < -0.4 is 20.5 Å². The number of aromatic nitrogens is 1.